The van der Waals surface area contributed by atoms with Gasteiger partial charge in [0.2, 0.25) is 10.0 Å². The predicted octanol–water partition coefficient (Wildman–Crippen LogP) is -0.407. The molecule has 1 heterocycles. The molecule has 1 saturated carbocycles. The van der Waals surface area contributed by atoms with Crippen molar-refractivity contribution >= 4 is 15.9 Å². The van der Waals surface area contributed by atoms with E-state index in [1.165, 1.54) is 0 Å². The van der Waals surface area contributed by atoms with Crippen LogP contribution in [0.15, 0.2) is 0 Å². The average Bonchev–Trinajstić information content (AvgIpc) is 2.89. The number of carbonyl (C=O) groups excluding carboxylic acids is 1. The number of rotatable bonds is 3. The van der Waals surface area contributed by atoms with E-state index in [1.807, 2.05) is 6.92 Å². The zero-order valence-electron chi connectivity index (χ0n) is 8.69. The molecule has 2 N–H and O–H groups in total. The molecule has 5 nitrogen and oxygen atoms in total. The Morgan fingerprint density at radius 2 is 2.00 bits per heavy atom. The molecule has 6 heteroatoms. The van der Waals surface area contributed by atoms with Crippen molar-refractivity contribution in [1.82, 2.24) is 10.0 Å². The Labute approximate surface area is 89.7 Å². The molecule has 1 amide bonds. The molecule has 86 valence electrons. The zero-order chi connectivity index (χ0) is 11.1. The maximum atomic E-state index is 11.7. The van der Waals surface area contributed by atoms with Crippen LogP contribution in [-0.4, -0.2) is 32.2 Å². The monoisotopic (exact) mass is 232 g/mol. The summed E-state index contributed by atoms with van der Waals surface area (Å²) < 4.78 is 25.2. The molecule has 0 radical (unpaired) electrons. The van der Waals surface area contributed by atoms with E-state index in [9.17, 15) is 13.2 Å². The summed E-state index contributed by atoms with van der Waals surface area (Å²) in [5.74, 6) is -0.189. The van der Waals surface area contributed by atoms with Crippen molar-refractivity contribution in [3.8, 4) is 0 Å². The van der Waals surface area contributed by atoms with Gasteiger partial charge in [-0.05, 0) is 31.7 Å². The summed E-state index contributed by atoms with van der Waals surface area (Å²) in [4.78, 5) is 11.7. The van der Waals surface area contributed by atoms with Crippen molar-refractivity contribution in [3.05, 3.63) is 0 Å². The Hall–Kier alpha value is -0.620. The molecule has 2 atom stereocenters. The van der Waals surface area contributed by atoms with Crippen LogP contribution in [-0.2, 0) is 14.8 Å². The Balaban J connectivity index is 1.97. The minimum absolute atomic E-state index is 0.208. The van der Waals surface area contributed by atoms with Gasteiger partial charge < -0.3 is 5.32 Å². The Bertz CT molecular complexity index is 362. The summed E-state index contributed by atoms with van der Waals surface area (Å²) in [5, 5.41) is 2.68. The molecule has 0 aromatic rings. The topological polar surface area (TPSA) is 75.3 Å². The molecule has 1 aliphatic heterocycles. The lowest BCUT2D eigenvalue weighted by Crippen LogP contribution is -2.46. The summed E-state index contributed by atoms with van der Waals surface area (Å²) in [6, 6.07) is -0.349. The molecule has 2 aliphatic rings. The third kappa shape index (κ3) is 2.31. The maximum absolute atomic E-state index is 11.7. The van der Waals surface area contributed by atoms with Crippen LogP contribution < -0.4 is 10.0 Å². The van der Waals surface area contributed by atoms with Gasteiger partial charge in [-0.1, -0.05) is 6.92 Å². The van der Waals surface area contributed by atoms with E-state index >= 15 is 0 Å². The van der Waals surface area contributed by atoms with Crippen molar-refractivity contribution in [2.45, 2.75) is 37.5 Å². The maximum Gasteiger partial charge on any atom is 0.250 e. The van der Waals surface area contributed by atoms with E-state index in [0.29, 0.717) is 12.8 Å². The van der Waals surface area contributed by atoms with Crippen LogP contribution in [0.5, 0.6) is 0 Å². The van der Waals surface area contributed by atoms with Gasteiger partial charge in [-0.3, -0.25) is 9.52 Å². The predicted molar refractivity (Wildman–Crippen MR) is 55.7 cm³/mol. The molecule has 1 saturated heterocycles. The van der Waals surface area contributed by atoms with Crippen molar-refractivity contribution in [2.75, 3.05) is 6.54 Å². The van der Waals surface area contributed by atoms with E-state index in [4.69, 9.17) is 0 Å². The van der Waals surface area contributed by atoms with Crippen LogP contribution in [0, 0.1) is 5.92 Å². The van der Waals surface area contributed by atoms with Crippen molar-refractivity contribution in [1.29, 1.82) is 0 Å². The van der Waals surface area contributed by atoms with Crippen LogP contribution >= 0.6 is 0 Å². The quantitative estimate of drug-likeness (QED) is 0.694. The Morgan fingerprint density at radius 1 is 1.33 bits per heavy atom. The first-order valence-corrected chi connectivity index (χ1v) is 6.84. The molecule has 0 bridgehead atoms. The van der Waals surface area contributed by atoms with Gasteiger partial charge >= 0.3 is 0 Å². The number of nitrogens with one attached hydrogen (secondary N) is 2. The van der Waals surface area contributed by atoms with Gasteiger partial charge in [-0.2, -0.15) is 0 Å². The molecule has 2 rings (SSSR count). The van der Waals surface area contributed by atoms with Crippen molar-refractivity contribution in [3.63, 3.8) is 0 Å². The fourth-order valence-corrected chi connectivity index (χ4v) is 3.18. The number of amides is 1. The number of carbonyl (C=O) groups is 1. The second kappa shape index (κ2) is 3.75. The molecule has 0 spiro atoms. The minimum atomic E-state index is -3.39. The number of hydrogen-bond acceptors (Lipinski definition) is 4. The first kappa shape index (κ1) is 10.9. The second-order valence-corrected chi connectivity index (χ2v) is 6.37. The zero-order valence-corrected chi connectivity index (χ0v) is 9.51. The lowest BCUT2D eigenvalue weighted by atomic mass is 10.0. The van der Waals surface area contributed by atoms with Crippen LogP contribution in [0.2, 0.25) is 0 Å². The summed E-state index contributed by atoms with van der Waals surface area (Å²) in [6.07, 6.45) is 2.27. The fraction of sp³-hybridized carbons (Fsp3) is 0.889. The SMILES string of the molecule is CC1CCNC1C(=O)NS(=O)(=O)C1CC1. The molecular formula is C9H16N2O3S. The first-order chi connectivity index (χ1) is 7.00. The standard InChI is InChI=1S/C9H16N2O3S/c1-6-4-5-10-8(6)9(12)11-15(13,14)7-2-3-7/h6-8,10H,2-5H2,1H3,(H,11,12). The molecular weight excluding hydrogens is 216 g/mol. The highest BCUT2D eigenvalue weighted by Gasteiger charge is 2.39. The van der Waals surface area contributed by atoms with Gasteiger partial charge in [0.05, 0.1) is 11.3 Å². The summed E-state index contributed by atoms with van der Waals surface area (Å²) >= 11 is 0. The van der Waals surface area contributed by atoms with Gasteiger partial charge in [-0.15, -0.1) is 0 Å². The van der Waals surface area contributed by atoms with Gasteiger partial charge in [0.1, 0.15) is 0 Å². The minimum Gasteiger partial charge on any atom is -0.306 e. The van der Waals surface area contributed by atoms with Crippen LogP contribution in [0.25, 0.3) is 0 Å². The Morgan fingerprint density at radius 3 is 2.47 bits per heavy atom. The van der Waals surface area contributed by atoms with E-state index in [0.717, 1.165) is 13.0 Å². The third-order valence-corrected chi connectivity index (χ3v) is 4.86. The molecule has 0 aromatic carbocycles. The van der Waals surface area contributed by atoms with E-state index in [2.05, 4.69) is 10.0 Å². The Kier molecular flexibility index (Phi) is 2.72. The summed E-state index contributed by atoms with van der Waals surface area (Å²) in [6.45, 7) is 2.73. The second-order valence-electron chi connectivity index (χ2n) is 4.41. The number of sulfonamides is 1. The highest BCUT2D eigenvalue weighted by Crippen LogP contribution is 2.27. The molecule has 15 heavy (non-hydrogen) atoms. The lowest BCUT2D eigenvalue weighted by Gasteiger charge is -2.15. The van der Waals surface area contributed by atoms with Gasteiger partial charge in [0, 0.05) is 0 Å². The highest BCUT2D eigenvalue weighted by molar-refractivity contribution is 7.90. The summed E-state index contributed by atoms with van der Waals surface area (Å²) in [5.41, 5.74) is 0. The molecule has 1 aliphatic carbocycles. The van der Waals surface area contributed by atoms with Crippen LogP contribution in [0.4, 0.5) is 0 Å². The molecule has 2 unspecified atom stereocenters. The van der Waals surface area contributed by atoms with Gasteiger partial charge in [0.15, 0.2) is 0 Å². The molecule has 2 fully saturated rings. The largest absolute Gasteiger partial charge is 0.306 e. The smallest absolute Gasteiger partial charge is 0.250 e. The average molecular weight is 232 g/mol. The first-order valence-electron chi connectivity index (χ1n) is 5.29. The van der Waals surface area contributed by atoms with E-state index in [-0.39, 0.29) is 17.2 Å². The highest BCUT2D eigenvalue weighted by atomic mass is 32.2. The van der Waals surface area contributed by atoms with Crippen molar-refractivity contribution < 1.29 is 13.2 Å². The lowest BCUT2D eigenvalue weighted by molar-refractivity contribution is -0.121. The molecule has 0 aromatic heterocycles. The van der Waals surface area contributed by atoms with Gasteiger partial charge in [0.25, 0.3) is 5.91 Å². The van der Waals surface area contributed by atoms with Crippen LogP contribution in [0.1, 0.15) is 26.2 Å². The normalized spacial score (nSPS) is 31.5. The van der Waals surface area contributed by atoms with Gasteiger partial charge in [-0.25, -0.2) is 8.42 Å². The van der Waals surface area contributed by atoms with Crippen molar-refractivity contribution in [2.24, 2.45) is 5.92 Å². The van der Waals surface area contributed by atoms with E-state index in [1.54, 1.807) is 0 Å². The van der Waals surface area contributed by atoms with Crippen LogP contribution in [0.3, 0.4) is 0 Å². The number of hydrogen-bond donors (Lipinski definition) is 2. The fourth-order valence-electron chi connectivity index (χ4n) is 1.85. The van der Waals surface area contributed by atoms with E-state index < -0.39 is 15.9 Å². The summed E-state index contributed by atoms with van der Waals surface area (Å²) in [7, 11) is -3.39. The third-order valence-electron chi connectivity index (χ3n) is 3.02.